The van der Waals surface area contributed by atoms with Crippen LogP contribution in [0.1, 0.15) is 24.1 Å². The molecule has 0 aliphatic rings. The molecule has 0 spiro atoms. The van der Waals surface area contributed by atoms with Gasteiger partial charge in [-0.05, 0) is 13.5 Å². The van der Waals surface area contributed by atoms with E-state index in [1.165, 1.54) is 6.33 Å². The largest absolute Gasteiger partial charge is 0.464 e. The van der Waals surface area contributed by atoms with Crippen molar-refractivity contribution in [2.75, 3.05) is 6.54 Å². The van der Waals surface area contributed by atoms with Crippen LogP contribution in [0.5, 0.6) is 0 Å². The van der Waals surface area contributed by atoms with Crippen molar-refractivity contribution in [3.8, 4) is 0 Å². The summed E-state index contributed by atoms with van der Waals surface area (Å²) >= 11 is 0. The first-order valence-corrected chi connectivity index (χ1v) is 7.78. The number of imidazole rings is 1. The van der Waals surface area contributed by atoms with Crippen LogP contribution in [0.2, 0.25) is 0 Å². The van der Waals surface area contributed by atoms with Gasteiger partial charge in [-0.15, -0.1) is 0 Å². The Hall–Kier alpha value is -1.64. The molecular formula is C12H18N4O3S. The second-order valence-electron chi connectivity index (χ2n) is 4.31. The zero-order chi connectivity index (χ0) is 14.6. The lowest BCUT2D eigenvalue weighted by Gasteiger charge is -2.03. The lowest BCUT2D eigenvalue weighted by atomic mass is 10.4. The fourth-order valence-corrected chi connectivity index (χ4v) is 2.97. The summed E-state index contributed by atoms with van der Waals surface area (Å²) in [5.41, 5.74) is 0.697. The minimum atomic E-state index is -3.59. The van der Waals surface area contributed by atoms with Gasteiger partial charge in [0.05, 0.1) is 19.4 Å². The van der Waals surface area contributed by atoms with E-state index in [2.05, 4.69) is 20.0 Å². The van der Waals surface area contributed by atoms with E-state index in [-0.39, 0.29) is 11.4 Å². The normalized spacial score (nSPS) is 11.9. The summed E-state index contributed by atoms with van der Waals surface area (Å²) < 4.78 is 32.4. The zero-order valence-corrected chi connectivity index (χ0v) is 12.3. The van der Waals surface area contributed by atoms with Crippen LogP contribution in [0.4, 0.5) is 0 Å². The molecule has 0 aromatic carbocycles. The molecule has 0 amide bonds. The second kappa shape index (κ2) is 6.21. The quantitative estimate of drug-likeness (QED) is 0.705. The van der Waals surface area contributed by atoms with Crippen molar-refractivity contribution < 1.29 is 12.8 Å². The highest BCUT2D eigenvalue weighted by Gasteiger charge is 2.21. The van der Waals surface area contributed by atoms with Crippen molar-refractivity contribution >= 4 is 10.0 Å². The first-order chi connectivity index (χ1) is 9.53. The maximum absolute atomic E-state index is 12.2. The smallest absolute Gasteiger partial charge is 0.244 e. The third-order valence-corrected chi connectivity index (χ3v) is 4.28. The van der Waals surface area contributed by atoms with Gasteiger partial charge in [0.25, 0.3) is 0 Å². The summed E-state index contributed by atoms with van der Waals surface area (Å²) in [5, 5.41) is 3.09. The highest BCUT2D eigenvalue weighted by Crippen LogP contribution is 2.20. The third kappa shape index (κ3) is 3.47. The van der Waals surface area contributed by atoms with Crippen molar-refractivity contribution in [1.29, 1.82) is 0 Å². The van der Waals surface area contributed by atoms with E-state index in [0.717, 1.165) is 6.54 Å². The predicted molar refractivity (Wildman–Crippen MR) is 73.4 cm³/mol. The molecule has 2 aromatic rings. The Morgan fingerprint density at radius 2 is 2.20 bits per heavy atom. The van der Waals surface area contributed by atoms with E-state index in [9.17, 15) is 8.42 Å². The van der Waals surface area contributed by atoms with Crippen LogP contribution in [0.3, 0.4) is 0 Å². The summed E-state index contributed by atoms with van der Waals surface area (Å²) in [6, 6.07) is 1.55. The van der Waals surface area contributed by atoms with Gasteiger partial charge < -0.3 is 14.7 Å². The minimum absolute atomic E-state index is 0.162. The monoisotopic (exact) mass is 298 g/mol. The molecule has 0 radical (unpaired) electrons. The molecule has 0 saturated carbocycles. The topological polar surface area (TPSA) is 100 Å². The van der Waals surface area contributed by atoms with Gasteiger partial charge in [-0.3, -0.25) is 0 Å². The molecule has 2 rings (SSSR count). The highest BCUT2D eigenvalue weighted by molar-refractivity contribution is 7.89. The Balaban J connectivity index is 2.10. The molecule has 0 aliphatic carbocycles. The van der Waals surface area contributed by atoms with E-state index < -0.39 is 10.0 Å². The number of H-pyrrole nitrogens is 1. The summed E-state index contributed by atoms with van der Waals surface area (Å²) in [6.07, 6.45) is 3.07. The van der Waals surface area contributed by atoms with Crippen molar-refractivity contribution in [2.24, 2.45) is 0 Å². The lowest BCUT2D eigenvalue weighted by Crippen LogP contribution is -2.23. The van der Waals surface area contributed by atoms with Crippen LogP contribution >= 0.6 is 0 Å². The molecule has 7 nitrogen and oxygen atoms in total. The molecule has 20 heavy (non-hydrogen) atoms. The van der Waals surface area contributed by atoms with Gasteiger partial charge in [0.2, 0.25) is 10.0 Å². The molecular weight excluding hydrogens is 280 g/mol. The molecule has 2 aromatic heterocycles. The zero-order valence-electron chi connectivity index (χ0n) is 11.4. The van der Waals surface area contributed by atoms with E-state index in [1.54, 1.807) is 19.2 Å². The molecule has 0 aliphatic heterocycles. The van der Waals surface area contributed by atoms with E-state index in [1.807, 2.05) is 6.92 Å². The van der Waals surface area contributed by atoms with E-state index in [0.29, 0.717) is 23.8 Å². The summed E-state index contributed by atoms with van der Waals surface area (Å²) in [7, 11) is -3.59. The fourth-order valence-electron chi connectivity index (χ4n) is 1.76. The number of furan rings is 1. The number of rotatable bonds is 7. The number of nitrogens with zero attached hydrogens (tertiary/aromatic N) is 1. The number of nitrogens with one attached hydrogen (secondary N) is 3. The Kier molecular flexibility index (Phi) is 4.58. The molecule has 110 valence electrons. The first-order valence-electron chi connectivity index (χ1n) is 6.30. The van der Waals surface area contributed by atoms with Crippen LogP contribution in [-0.2, 0) is 23.1 Å². The Morgan fingerprint density at radius 3 is 2.85 bits per heavy atom. The molecule has 0 saturated heterocycles. The number of aryl methyl sites for hydroxylation is 1. The number of aromatic nitrogens is 2. The SMILES string of the molecule is CCNCc1cc(S(=O)(=O)NCc2cnc[nH]2)c(C)o1. The average molecular weight is 298 g/mol. The molecule has 0 fully saturated rings. The molecule has 3 N–H and O–H groups in total. The first kappa shape index (κ1) is 14.8. The summed E-state index contributed by atoms with van der Waals surface area (Å²) in [5.74, 6) is 0.987. The molecule has 2 heterocycles. The summed E-state index contributed by atoms with van der Waals surface area (Å²) in [4.78, 5) is 6.84. The number of aromatic amines is 1. The number of hydrogen-bond donors (Lipinski definition) is 3. The highest BCUT2D eigenvalue weighted by atomic mass is 32.2. The van der Waals surface area contributed by atoms with Gasteiger partial charge in [-0.2, -0.15) is 0 Å². The Labute approximate surface area is 117 Å². The van der Waals surface area contributed by atoms with Crippen molar-refractivity contribution in [3.05, 3.63) is 35.8 Å². The van der Waals surface area contributed by atoms with Gasteiger partial charge >= 0.3 is 0 Å². The van der Waals surface area contributed by atoms with Crippen LogP contribution in [0.15, 0.2) is 27.9 Å². The second-order valence-corrected chi connectivity index (χ2v) is 6.05. The van der Waals surface area contributed by atoms with E-state index >= 15 is 0 Å². The summed E-state index contributed by atoms with van der Waals surface area (Å²) in [6.45, 7) is 5.07. The van der Waals surface area contributed by atoms with Crippen molar-refractivity contribution in [3.63, 3.8) is 0 Å². The van der Waals surface area contributed by atoms with E-state index in [4.69, 9.17) is 4.42 Å². The molecule has 0 bridgehead atoms. The maximum atomic E-state index is 12.2. The Morgan fingerprint density at radius 1 is 1.40 bits per heavy atom. The van der Waals surface area contributed by atoms with Gasteiger partial charge in [-0.1, -0.05) is 6.92 Å². The van der Waals surface area contributed by atoms with Crippen LogP contribution in [-0.4, -0.2) is 24.9 Å². The lowest BCUT2D eigenvalue weighted by molar-refractivity contribution is 0.460. The maximum Gasteiger partial charge on any atom is 0.244 e. The van der Waals surface area contributed by atoms with Crippen molar-refractivity contribution in [1.82, 2.24) is 20.0 Å². The van der Waals surface area contributed by atoms with Crippen LogP contribution in [0, 0.1) is 6.92 Å². The predicted octanol–water partition coefficient (Wildman–Crippen LogP) is 0.899. The number of sulfonamides is 1. The van der Waals surface area contributed by atoms with Crippen molar-refractivity contribution in [2.45, 2.75) is 31.8 Å². The third-order valence-electron chi connectivity index (χ3n) is 2.77. The van der Waals surface area contributed by atoms with Gasteiger partial charge in [0, 0.05) is 18.0 Å². The molecule has 8 heteroatoms. The molecule has 0 unspecified atom stereocenters. The minimum Gasteiger partial charge on any atom is -0.464 e. The van der Waals surface area contributed by atoms with Gasteiger partial charge in [0.15, 0.2) is 0 Å². The van der Waals surface area contributed by atoms with Crippen LogP contribution < -0.4 is 10.0 Å². The number of hydrogen-bond acceptors (Lipinski definition) is 5. The fraction of sp³-hybridized carbons (Fsp3) is 0.417. The Bertz CT molecular complexity index is 646. The molecule has 0 atom stereocenters. The average Bonchev–Trinajstić information content (AvgIpc) is 3.03. The van der Waals surface area contributed by atoms with Gasteiger partial charge in [0.1, 0.15) is 16.4 Å². The van der Waals surface area contributed by atoms with Crippen LogP contribution in [0.25, 0.3) is 0 Å². The van der Waals surface area contributed by atoms with Gasteiger partial charge in [-0.25, -0.2) is 18.1 Å². The standard InChI is InChI=1S/C12H18N4O3S/c1-3-13-7-11-4-12(9(2)19-11)20(17,18)16-6-10-5-14-8-15-10/h4-5,8,13,16H,3,6-7H2,1-2H3,(H,14,15).